The highest BCUT2D eigenvalue weighted by Gasteiger charge is 2.28. The van der Waals surface area contributed by atoms with Crippen LogP contribution in [0.3, 0.4) is 0 Å². The molecule has 1 aromatic heterocycles. The Bertz CT molecular complexity index is 1030. The van der Waals surface area contributed by atoms with Gasteiger partial charge in [0, 0.05) is 30.4 Å². The molecule has 148 valence electrons. The van der Waals surface area contributed by atoms with Gasteiger partial charge in [0.15, 0.2) is 11.5 Å². The Morgan fingerprint density at radius 3 is 2.83 bits per heavy atom. The Hall–Kier alpha value is -3.46. The minimum absolute atomic E-state index is 0.198. The van der Waals surface area contributed by atoms with Crippen molar-refractivity contribution in [3.05, 3.63) is 66.2 Å². The summed E-state index contributed by atoms with van der Waals surface area (Å²) in [4.78, 5) is 4.50. The monoisotopic (exact) mass is 389 g/mol. The van der Waals surface area contributed by atoms with Crippen molar-refractivity contribution in [1.29, 1.82) is 5.26 Å². The minimum atomic E-state index is -0.198. The van der Waals surface area contributed by atoms with E-state index < -0.39 is 0 Å². The number of nitrogens with zero attached hydrogens (tertiary/aromatic N) is 3. The van der Waals surface area contributed by atoms with Gasteiger partial charge in [-0.1, -0.05) is 6.07 Å². The molecule has 3 aromatic rings. The standard InChI is InChI=1S/C23H23N3O3/c1-16(29-21-9-6-17(14-24)12-22(21)27-2)15-28-20-5-3-4-19(13-20)26-11-10-25-23(26)18-7-8-18/h3-6,9-13,16,18H,7-8,15H2,1-2H3. The zero-order valence-electron chi connectivity index (χ0n) is 16.5. The van der Waals surface area contributed by atoms with E-state index in [1.54, 1.807) is 25.3 Å². The molecule has 1 atom stereocenters. The van der Waals surface area contributed by atoms with Gasteiger partial charge in [-0.2, -0.15) is 5.26 Å². The number of imidazole rings is 1. The molecule has 6 heteroatoms. The molecule has 0 saturated heterocycles. The van der Waals surface area contributed by atoms with E-state index in [9.17, 15) is 0 Å². The number of nitriles is 1. The largest absolute Gasteiger partial charge is 0.493 e. The van der Waals surface area contributed by atoms with Gasteiger partial charge >= 0.3 is 0 Å². The van der Waals surface area contributed by atoms with Gasteiger partial charge in [0.05, 0.1) is 24.4 Å². The molecule has 0 amide bonds. The van der Waals surface area contributed by atoms with Gasteiger partial charge in [-0.25, -0.2) is 4.98 Å². The third kappa shape index (κ3) is 4.35. The van der Waals surface area contributed by atoms with Crippen LogP contribution in [0.25, 0.3) is 5.69 Å². The molecular formula is C23H23N3O3. The fraction of sp³-hybridized carbons (Fsp3) is 0.304. The van der Waals surface area contributed by atoms with Crippen LogP contribution >= 0.6 is 0 Å². The molecule has 1 saturated carbocycles. The van der Waals surface area contributed by atoms with Crippen LogP contribution in [0.1, 0.15) is 37.1 Å². The van der Waals surface area contributed by atoms with Crippen molar-refractivity contribution in [1.82, 2.24) is 9.55 Å². The lowest BCUT2D eigenvalue weighted by Gasteiger charge is -2.18. The van der Waals surface area contributed by atoms with Crippen LogP contribution in [0.15, 0.2) is 54.9 Å². The molecule has 2 aromatic carbocycles. The van der Waals surface area contributed by atoms with Crippen LogP contribution in [0.2, 0.25) is 0 Å². The Kier molecular flexibility index (Phi) is 5.39. The van der Waals surface area contributed by atoms with Crippen molar-refractivity contribution in [3.63, 3.8) is 0 Å². The summed E-state index contributed by atoms with van der Waals surface area (Å²) in [6.07, 6.45) is 6.07. The normalized spacial score (nSPS) is 14.1. The first kappa shape index (κ1) is 18.9. The zero-order chi connectivity index (χ0) is 20.2. The van der Waals surface area contributed by atoms with E-state index in [1.165, 1.54) is 12.8 Å². The van der Waals surface area contributed by atoms with Gasteiger partial charge in [0.2, 0.25) is 0 Å². The molecule has 1 heterocycles. The van der Waals surface area contributed by atoms with Crippen molar-refractivity contribution in [2.24, 2.45) is 0 Å². The summed E-state index contributed by atoms with van der Waals surface area (Å²) in [6, 6.07) is 15.2. The highest BCUT2D eigenvalue weighted by Crippen LogP contribution is 2.40. The van der Waals surface area contributed by atoms with Crippen LogP contribution in [0.5, 0.6) is 17.2 Å². The van der Waals surface area contributed by atoms with Gasteiger partial charge in [0.1, 0.15) is 24.3 Å². The summed E-state index contributed by atoms with van der Waals surface area (Å²) in [5.41, 5.74) is 1.57. The molecule has 1 fully saturated rings. The molecule has 1 aliphatic carbocycles. The summed E-state index contributed by atoms with van der Waals surface area (Å²) < 4.78 is 19.4. The second-order valence-corrected chi connectivity index (χ2v) is 7.14. The Labute approximate surface area is 170 Å². The molecule has 1 unspecified atom stereocenters. The lowest BCUT2D eigenvalue weighted by atomic mass is 10.2. The van der Waals surface area contributed by atoms with E-state index in [0.717, 1.165) is 17.3 Å². The van der Waals surface area contributed by atoms with Gasteiger partial charge in [-0.15, -0.1) is 0 Å². The quantitative estimate of drug-likeness (QED) is 0.568. The summed E-state index contributed by atoms with van der Waals surface area (Å²) >= 11 is 0. The fourth-order valence-corrected chi connectivity index (χ4v) is 3.20. The van der Waals surface area contributed by atoms with Crippen LogP contribution in [-0.4, -0.2) is 29.4 Å². The van der Waals surface area contributed by atoms with Gasteiger partial charge in [0.25, 0.3) is 0 Å². The van der Waals surface area contributed by atoms with Crippen LogP contribution < -0.4 is 14.2 Å². The second kappa shape index (κ2) is 8.27. The maximum Gasteiger partial charge on any atom is 0.162 e. The molecule has 0 N–H and O–H groups in total. The third-order valence-electron chi connectivity index (χ3n) is 4.81. The second-order valence-electron chi connectivity index (χ2n) is 7.14. The van der Waals surface area contributed by atoms with E-state index >= 15 is 0 Å². The van der Waals surface area contributed by atoms with Crippen molar-refractivity contribution in [2.45, 2.75) is 31.8 Å². The van der Waals surface area contributed by atoms with Crippen LogP contribution in [0, 0.1) is 11.3 Å². The zero-order valence-corrected chi connectivity index (χ0v) is 16.5. The van der Waals surface area contributed by atoms with Crippen molar-refractivity contribution in [2.75, 3.05) is 13.7 Å². The number of hydrogen-bond acceptors (Lipinski definition) is 5. The number of aromatic nitrogens is 2. The Morgan fingerprint density at radius 2 is 2.07 bits per heavy atom. The molecule has 1 aliphatic rings. The maximum atomic E-state index is 9.01. The molecule has 29 heavy (non-hydrogen) atoms. The first-order valence-electron chi connectivity index (χ1n) is 9.69. The highest BCUT2D eigenvalue weighted by molar-refractivity contribution is 5.47. The molecule has 0 aliphatic heterocycles. The van der Waals surface area contributed by atoms with Gasteiger partial charge in [-0.05, 0) is 44.0 Å². The van der Waals surface area contributed by atoms with Crippen molar-refractivity contribution < 1.29 is 14.2 Å². The predicted octanol–water partition coefficient (Wildman–Crippen LogP) is 4.48. The number of hydrogen-bond donors (Lipinski definition) is 0. The summed E-state index contributed by atoms with van der Waals surface area (Å²) in [7, 11) is 1.56. The number of benzene rings is 2. The molecule has 0 bridgehead atoms. The first-order valence-corrected chi connectivity index (χ1v) is 9.69. The highest BCUT2D eigenvalue weighted by atomic mass is 16.5. The summed E-state index contributed by atoms with van der Waals surface area (Å²) in [5, 5.41) is 9.01. The van der Waals surface area contributed by atoms with Crippen molar-refractivity contribution in [3.8, 4) is 29.0 Å². The average Bonchev–Trinajstić information content (AvgIpc) is 3.48. The van der Waals surface area contributed by atoms with Crippen LogP contribution in [-0.2, 0) is 0 Å². The molecule has 4 rings (SSSR count). The predicted molar refractivity (Wildman–Crippen MR) is 109 cm³/mol. The van der Waals surface area contributed by atoms with Crippen molar-refractivity contribution >= 4 is 0 Å². The average molecular weight is 389 g/mol. The van der Waals surface area contributed by atoms with E-state index in [4.69, 9.17) is 19.5 Å². The third-order valence-corrected chi connectivity index (χ3v) is 4.81. The van der Waals surface area contributed by atoms with Crippen LogP contribution in [0.4, 0.5) is 0 Å². The van der Waals surface area contributed by atoms with E-state index in [-0.39, 0.29) is 6.10 Å². The topological polar surface area (TPSA) is 69.3 Å². The summed E-state index contributed by atoms with van der Waals surface area (Å²) in [5.74, 6) is 3.59. The van der Waals surface area contributed by atoms with Gasteiger partial charge in [-0.3, -0.25) is 0 Å². The smallest absolute Gasteiger partial charge is 0.162 e. The number of rotatable bonds is 8. The molecule has 6 nitrogen and oxygen atoms in total. The Morgan fingerprint density at radius 1 is 1.21 bits per heavy atom. The number of ether oxygens (including phenoxy) is 3. The van der Waals surface area contributed by atoms with E-state index in [1.807, 2.05) is 37.5 Å². The minimum Gasteiger partial charge on any atom is -0.493 e. The Balaban J connectivity index is 1.40. The lowest BCUT2D eigenvalue weighted by Crippen LogP contribution is -2.21. The van der Waals surface area contributed by atoms with E-state index in [0.29, 0.717) is 29.6 Å². The maximum absolute atomic E-state index is 9.01. The molecule has 0 spiro atoms. The molecular weight excluding hydrogens is 366 g/mol. The SMILES string of the molecule is COc1cc(C#N)ccc1OC(C)COc1cccc(-n2ccnc2C2CC2)c1. The number of methoxy groups -OCH3 is 1. The first-order chi connectivity index (χ1) is 14.2. The molecule has 0 radical (unpaired) electrons. The lowest BCUT2D eigenvalue weighted by molar-refractivity contribution is 0.139. The fourth-order valence-electron chi connectivity index (χ4n) is 3.20. The van der Waals surface area contributed by atoms with E-state index in [2.05, 4.69) is 21.7 Å². The summed E-state index contributed by atoms with van der Waals surface area (Å²) in [6.45, 7) is 2.31. The van der Waals surface area contributed by atoms with Gasteiger partial charge < -0.3 is 18.8 Å².